The van der Waals surface area contributed by atoms with E-state index in [1.165, 1.54) is 37.7 Å². The van der Waals surface area contributed by atoms with Crippen molar-refractivity contribution in [2.45, 2.75) is 57.0 Å². The molecule has 1 aromatic carbocycles. The molecule has 0 aliphatic heterocycles. The van der Waals surface area contributed by atoms with Crippen molar-refractivity contribution < 1.29 is 0 Å². The molecule has 1 nitrogen and oxygen atoms in total. The molecule has 2 saturated carbocycles. The fourth-order valence-electron chi connectivity index (χ4n) is 3.44. The minimum absolute atomic E-state index is 0.788. The molecule has 2 aliphatic rings. The van der Waals surface area contributed by atoms with Gasteiger partial charge in [-0.15, -0.1) is 0 Å². The Balaban J connectivity index is 1.46. The molecule has 1 aromatic rings. The summed E-state index contributed by atoms with van der Waals surface area (Å²) in [7, 11) is 0. The van der Waals surface area contributed by atoms with Gasteiger partial charge < -0.3 is 5.32 Å². The Morgan fingerprint density at radius 2 is 1.71 bits per heavy atom. The minimum Gasteiger partial charge on any atom is -0.311 e. The first-order chi connectivity index (χ1) is 8.31. The van der Waals surface area contributed by atoms with Gasteiger partial charge in [0.15, 0.2) is 0 Å². The van der Waals surface area contributed by atoms with Gasteiger partial charge in [-0.25, -0.2) is 0 Å². The van der Waals surface area contributed by atoms with Crippen LogP contribution in [0.15, 0.2) is 30.3 Å². The average Bonchev–Trinajstić information content (AvgIpc) is 2.70. The molecule has 0 heterocycles. The lowest BCUT2D eigenvalue weighted by Crippen LogP contribution is -2.44. The van der Waals surface area contributed by atoms with Crippen LogP contribution in [0.25, 0.3) is 0 Å². The van der Waals surface area contributed by atoms with E-state index in [4.69, 9.17) is 0 Å². The van der Waals surface area contributed by atoms with E-state index in [0.717, 1.165) is 23.9 Å². The first-order valence-corrected chi connectivity index (χ1v) is 7.12. The molecule has 2 unspecified atom stereocenters. The smallest absolute Gasteiger partial charge is 0.00813 e. The van der Waals surface area contributed by atoms with Gasteiger partial charge in [0, 0.05) is 12.1 Å². The summed E-state index contributed by atoms with van der Waals surface area (Å²) in [5.74, 6) is 1.75. The lowest BCUT2D eigenvalue weighted by atomic mass is 9.75. The second kappa shape index (κ2) is 4.81. The normalized spacial score (nSPS) is 36.8. The summed E-state index contributed by atoms with van der Waals surface area (Å²) >= 11 is 0. The fraction of sp³-hybridized carbons (Fsp3) is 0.625. The summed E-state index contributed by atoms with van der Waals surface area (Å²) in [5.41, 5.74) is 1.53. The van der Waals surface area contributed by atoms with E-state index in [-0.39, 0.29) is 0 Å². The largest absolute Gasteiger partial charge is 0.311 e. The maximum atomic E-state index is 3.85. The number of hydrogen-bond acceptors (Lipinski definition) is 1. The third-order valence-corrected chi connectivity index (χ3v) is 4.58. The number of benzene rings is 1. The van der Waals surface area contributed by atoms with E-state index in [0.29, 0.717) is 0 Å². The zero-order valence-electron chi connectivity index (χ0n) is 10.7. The first-order valence-electron chi connectivity index (χ1n) is 7.12. The first kappa shape index (κ1) is 11.3. The van der Waals surface area contributed by atoms with Crippen LogP contribution in [0.3, 0.4) is 0 Å². The molecule has 92 valence electrons. The Labute approximate surface area is 105 Å². The summed E-state index contributed by atoms with van der Waals surface area (Å²) < 4.78 is 0. The molecule has 0 radical (unpaired) electrons. The Bertz CT molecular complexity index is 353. The number of nitrogens with one attached hydrogen (secondary N) is 1. The van der Waals surface area contributed by atoms with E-state index in [1.54, 1.807) is 0 Å². The number of hydrogen-bond donors (Lipinski definition) is 1. The summed E-state index contributed by atoms with van der Waals surface area (Å²) in [6, 6.07) is 12.6. The van der Waals surface area contributed by atoms with Gasteiger partial charge >= 0.3 is 0 Å². The van der Waals surface area contributed by atoms with Crippen LogP contribution in [0.2, 0.25) is 0 Å². The molecule has 1 heteroatoms. The summed E-state index contributed by atoms with van der Waals surface area (Å²) in [4.78, 5) is 0. The summed E-state index contributed by atoms with van der Waals surface area (Å²) in [5, 5.41) is 3.85. The van der Waals surface area contributed by atoms with Crippen LogP contribution >= 0.6 is 0 Å². The molecule has 17 heavy (non-hydrogen) atoms. The van der Waals surface area contributed by atoms with Gasteiger partial charge in [-0.05, 0) is 49.5 Å². The highest BCUT2D eigenvalue weighted by molar-refractivity contribution is 5.22. The van der Waals surface area contributed by atoms with Crippen LogP contribution in [-0.4, -0.2) is 12.1 Å². The standard InChI is InChI=1S/C16H23N/c1-12-7-8-15(9-12)17-16-10-14(11-16)13-5-3-2-4-6-13/h2-6,12,14-17H,7-11H2,1H3. The van der Waals surface area contributed by atoms with Gasteiger partial charge in [0.05, 0.1) is 0 Å². The van der Waals surface area contributed by atoms with Crippen LogP contribution in [0.5, 0.6) is 0 Å². The van der Waals surface area contributed by atoms with Gasteiger partial charge in [0.25, 0.3) is 0 Å². The molecule has 0 aromatic heterocycles. The average molecular weight is 229 g/mol. The third kappa shape index (κ3) is 2.55. The highest BCUT2D eigenvalue weighted by Gasteiger charge is 2.32. The van der Waals surface area contributed by atoms with E-state index < -0.39 is 0 Å². The van der Waals surface area contributed by atoms with Crippen molar-refractivity contribution in [3.05, 3.63) is 35.9 Å². The molecule has 2 aliphatic carbocycles. The maximum absolute atomic E-state index is 3.85. The van der Waals surface area contributed by atoms with Crippen LogP contribution in [0, 0.1) is 5.92 Å². The molecule has 0 saturated heterocycles. The summed E-state index contributed by atoms with van der Waals surface area (Å²) in [6.07, 6.45) is 6.90. The predicted octanol–water partition coefficient (Wildman–Crippen LogP) is 3.71. The maximum Gasteiger partial charge on any atom is 0.00813 e. The van der Waals surface area contributed by atoms with Gasteiger partial charge in [-0.1, -0.05) is 37.3 Å². The lowest BCUT2D eigenvalue weighted by Gasteiger charge is -2.38. The van der Waals surface area contributed by atoms with E-state index in [9.17, 15) is 0 Å². The van der Waals surface area contributed by atoms with Crippen molar-refractivity contribution in [1.82, 2.24) is 5.32 Å². The molecular weight excluding hydrogens is 206 g/mol. The van der Waals surface area contributed by atoms with Gasteiger partial charge in [0.1, 0.15) is 0 Å². The van der Waals surface area contributed by atoms with Crippen molar-refractivity contribution >= 4 is 0 Å². The highest BCUT2D eigenvalue weighted by atomic mass is 15.0. The van der Waals surface area contributed by atoms with Crippen LogP contribution in [-0.2, 0) is 0 Å². The zero-order valence-corrected chi connectivity index (χ0v) is 10.7. The van der Waals surface area contributed by atoms with Gasteiger partial charge in [-0.2, -0.15) is 0 Å². The van der Waals surface area contributed by atoms with Crippen LogP contribution in [0.1, 0.15) is 50.5 Å². The molecule has 3 rings (SSSR count). The molecule has 1 N–H and O–H groups in total. The minimum atomic E-state index is 0.788. The SMILES string of the molecule is CC1CCC(NC2CC(c3ccccc3)C2)C1. The van der Waals surface area contributed by atoms with E-state index in [2.05, 4.69) is 42.6 Å². The van der Waals surface area contributed by atoms with Crippen molar-refractivity contribution in [2.75, 3.05) is 0 Å². The number of rotatable bonds is 3. The molecule has 0 bridgehead atoms. The van der Waals surface area contributed by atoms with Gasteiger partial charge in [-0.3, -0.25) is 0 Å². The van der Waals surface area contributed by atoms with Gasteiger partial charge in [0.2, 0.25) is 0 Å². The molecular formula is C16H23N. The Morgan fingerprint density at radius 3 is 2.35 bits per heavy atom. The zero-order chi connectivity index (χ0) is 11.7. The quantitative estimate of drug-likeness (QED) is 0.833. The third-order valence-electron chi connectivity index (χ3n) is 4.58. The Kier molecular flexibility index (Phi) is 3.19. The highest BCUT2D eigenvalue weighted by Crippen LogP contribution is 2.38. The monoisotopic (exact) mass is 229 g/mol. The van der Waals surface area contributed by atoms with E-state index >= 15 is 0 Å². The second-order valence-electron chi connectivity index (χ2n) is 6.06. The van der Waals surface area contributed by atoms with Crippen molar-refractivity contribution in [1.29, 1.82) is 0 Å². The van der Waals surface area contributed by atoms with Crippen LogP contribution in [0.4, 0.5) is 0 Å². The molecule has 0 spiro atoms. The van der Waals surface area contributed by atoms with Crippen molar-refractivity contribution in [3.63, 3.8) is 0 Å². The van der Waals surface area contributed by atoms with Crippen molar-refractivity contribution in [2.24, 2.45) is 5.92 Å². The Morgan fingerprint density at radius 1 is 0.941 bits per heavy atom. The molecule has 2 atom stereocenters. The van der Waals surface area contributed by atoms with E-state index in [1.807, 2.05) is 0 Å². The Hall–Kier alpha value is -0.820. The second-order valence-corrected chi connectivity index (χ2v) is 6.06. The predicted molar refractivity (Wildman–Crippen MR) is 72.1 cm³/mol. The molecule has 2 fully saturated rings. The van der Waals surface area contributed by atoms with Crippen LogP contribution < -0.4 is 5.32 Å². The van der Waals surface area contributed by atoms with Crippen molar-refractivity contribution in [3.8, 4) is 0 Å². The summed E-state index contributed by atoms with van der Waals surface area (Å²) in [6.45, 7) is 2.38. The molecule has 0 amide bonds. The topological polar surface area (TPSA) is 12.0 Å². The fourth-order valence-corrected chi connectivity index (χ4v) is 3.44. The lowest BCUT2D eigenvalue weighted by molar-refractivity contribution is 0.263.